The van der Waals surface area contributed by atoms with Crippen molar-refractivity contribution in [3.8, 4) is 17.2 Å². The molecule has 184 valence electrons. The Morgan fingerprint density at radius 1 is 0.917 bits per heavy atom. The van der Waals surface area contributed by atoms with Gasteiger partial charge in [-0.05, 0) is 92.2 Å². The van der Waals surface area contributed by atoms with Gasteiger partial charge in [0.15, 0.2) is 12.4 Å². The number of rotatable bonds is 10. The van der Waals surface area contributed by atoms with Crippen LogP contribution in [0.1, 0.15) is 33.3 Å². The Bertz CT molecular complexity index is 1350. The van der Waals surface area contributed by atoms with E-state index in [0.717, 1.165) is 22.6 Å². The second kappa shape index (κ2) is 11.1. The molecule has 9 nitrogen and oxygen atoms in total. The number of ether oxygens (including phenoxy) is 2. The van der Waals surface area contributed by atoms with E-state index in [4.69, 9.17) is 19.6 Å². The molecule has 0 radical (unpaired) electrons. The van der Waals surface area contributed by atoms with Gasteiger partial charge < -0.3 is 24.2 Å². The third-order valence-corrected chi connectivity index (χ3v) is 5.27. The van der Waals surface area contributed by atoms with Crippen molar-refractivity contribution < 1.29 is 23.5 Å². The van der Waals surface area contributed by atoms with Gasteiger partial charge in [0.2, 0.25) is 0 Å². The van der Waals surface area contributed by atoms with Crippen molar-refractivity contribution in [1.82, 2.24) is 9.99 Å². The molecule has 0 fully saturated rings. The van der Waals surface area contributed by atoms with Gasteiger partial charge in [0.05, 0.1) is 6.21 Å². The minimum Gasteiger partial charge on any atom is -0.486 e. The van der Waals surface area contributed by atoms with E-state index in [-0.39, 0.29) is 19.0 Å². The van der Waals surface area contributed by atoms with E-state index >= 15 is 0 Å². The third kappa shape index (κ3) is 6.20. The maximum Gasteiger partial charge on any atom is 0.307 e. The number of amides is 2. The lowest BCUT2D eigenvalue weighted by Crippen LogP contribution is -2.20. The molecule has 2 heterocycles. The molecule has 0 aliphatic rings. The largest absolute Gasteiger partial charge is 0.486 e. The zero-order valence-corrected chi connectivity index (χ0v) is 19.9. The molecule has 2 aromatic heterocycles. The number of carbonyl (C=O) groups excluding carboxylic acids is 2. The second-order valence-electron chi connectivity index (χ2n) is 8.02. The number of aromatic nitrogens is 1. The monoisotopic (exact) mass is 486 g/mol. The molecule has 9 heteroatoms. The van der Waals surface area contributed by atoms with Crippen LogP contribution in [0.2, 0.25) is 0 Å². The number of benzene rings is 2. The Morgan fingerprint density at radius 3 is 2.22 bits per heavy atom. The van der Waals surface area contributed by atoms with Crippen LogP contribution >= 0.6 is 0 Å². The summed E-state index contributed by atoms with van der Waals surface area (Å²) < 4.78 is 18.7. The number of primary amides is 1. The number of hydrogen-bond donors (Lipinski definition) is 2. The van der Waals surface area contributed by atoms with Gasteiger partial charge in [-0.25, -0.2) is 5.43 Å². The van der Waals surface area contributed by atoms with Crippen molar-refractivity contribution in [3.63, 3.8) is 0 Å². The van der Waals surface area contributed by atoms with Gasteiger partial charge in [-0.2, -0.15) is 5.10 Å². The number of aryl methyl sites for hydroxylation is 2. The standard InChI is InChI=1S/C27H26N4O5/c1-18-3-4-19(2)31(18)21-7-11-23(12-8-21)34-16-24-13-14-25(36-24)27(33)30-29-15-20-5-9-22(10-6-20)35-17-26(28)32/h3-15H,16-17H2,1-2H3,(H2,28,32)(H,30,33)/b29-15+. The van der Waals surface area contributed by atoms with Gasteiger partial charge in [-0.15, -0.1) is 0 Å². The highest BCUT2D eigenvalue weighted by molar-refractivity contribution is 5.92. The van der Waals surface area contributed by atoms with Gasteiger partial charge in [0.1, 0.15) is 23.9 Å². The first-order chi connectivity index (χ1) is 17.4. The molecule has 0 aliphatic heterocycles. The van der Waals surface area contributed by atoms with E-state index in [1.54, 1.807) is 36.4 Å². The number of carbonyl (C=O) groups is 2. The maximum atomic E-state index is 12.3. The number of furan rings is 1. The highest BCUT2D eigenvalue weighted by Crippen LogP contribution is 2.21. The Kier molecular flexibility index (Phi) is 7.50. The molecule has 3 N–H and O–H groups in total. The number of nitrogens with two attached hydrogens (primary N) is 1. The Labute approximate surface area is 208 Å². The fraction of sp³-hybridized carbons (Fsp3) is 0.148. The molecule has 0 unspecified atom stereocenters. The minimum absolute atomic E-state index is 0.120. The van der Waals surface area contributed by atoms with E-state index in [1.807, 2.05) is 24.3 Å². The van der Waals surface area contributed by atoms with Gasteiger partial charge >= 0.3 is 5.91 Å². The van der Waals surface area contributed by atoms with Gasteiger partial charge in [-0.1, -0.05) is 0 Å². The molecule has 0 aliphatic carbocycles. The van der Waals surface area contributed by atoms with Crippen LogP contribution in [-0.2, 0) is 11.4 Å². The summed E-state index contributed by atoms with van der Waals surface area (Å²) in [5.74, 6) is 0.789. The van der Waals surface area contributed by atoms with Gasteiger partial charge in [-0.3, -0.25) is 9.59 Å². The summed E-state index contributed by atoms with van der Waals surface area (Å²) in [6.45, 7) is 4.12. The zero-order valence-electron chi connectivity index (χ0n) is 19.9. The quantitative estimate of drug-likeness (QED) is 0.260. The van der Waals surface area contributed by atoms with Crippen LogP contribution in [-0.4, -0.2) is 29.2 Å². The highest BCUT2D eigenvalue weighted by atomic mass is 16.5. The summed E-state index contributed by atoms with van der Waals surface area (Å²) in [5, 5.41) is 3.93. The number of nitrogens with one attached hydrogen (secondary N) is 1. The van der Waals surface area contributed by atoms with Crippen molar-refractivity contribution >= 4 is 18.0 Å². The summed E-state index contributed by atoms with van der Waals surface area (Å²) >= 11 is 0. The maximum absolute atomic E-state index is 12.3. The smallest absolute Gasteiger partial charge is 0.307 e. The normalized spacial score (nSPS) is 10.9. The SMILES string of the molecule is Cc1ccc(C)n1-c1ccc(OCc2ccc(C(=O)N/N=C/c3ccc(OCC(N)=O)cc3)o2)cc1. The molecule has 2 amide bonds. The molecule has 0 saturated heterocycles. The summed E-state index contributed by atoms with van der Waals surface area (Å²) in [7, 11) is 0. The first-order valence-corrected chi connectivity index (χ1v) is 11.2. The molecule has 4 aromatic rings. The van der Waals surface area contributed by atoms with E-state index in [1.165, 1.54) is 6.21 Å². The lowest BCUT2D eigenvalue weighted by Gasteiger charge is -2.10. The predicted molar refractivity (Wildman–Crippen MR) is 134 cm³/mol. The number of hydrazone groups is 1. The fourth-order valence-corrected chi connectivity index (χ4v) is 3.52. The second-order valence-corrected chi connectivity index (χ2v) is 8.02. The number of nitrogens with zero attached hydrogens (tertiary/aromatic N) is 2. The average Bonchev–Trinajstić information content (AvgIpc) is 3.49. The van der Waals surface area contributed by atoms with Crippen LogP contribution in [0, 0.1) is 13.8 Å². The van der Waals surface area contributed by atoms with E-state index in [2.05, 4.69) is 41.1 Å². The van der Waals surface area contributed by atoms with Crippen LogP contribution in [0.5, 0.6) is 11.5 Å². The fourth-order valence-electron chi connectivity index (χ4n) is 3.52. The molecular weight excluding hydrogens is 460 g/mol. The van der Waals surface area contributed by atoms with Crippen LogP contribution in [0.15, 0.2) is 82.3 Å². The lowest BCUT2D eigenvalue weighted by atomic mass is 10.2. The average molecular weight is 487 g/mol. The molecular formula is C27H26N4O5. The van der Waals surface area contributed by atoms with Crippen LogP contribution in [0.25, 0.3) is 5.69 Å². The van der Waals surface area contributed by atoms with Crippen molar-refractivity contribution in [2.24, 2.45) is 10.8 Å². The zero-order chi connectivity index (χ0) is 25.5. The number of hydrogen-bond acceptors (Lipinski definition) is 6. The van der Waals surface area contributed by atoms with Crippen LogP contribution in [0.3, 0.4) is 0 Å². The predicted octanol–water partition coefficient (Wildman–Crippen LogP) is 3.89. The first-order valence-electron chi connectivity index (χ1n) is 11.2. The molecule has 36 heavy (non-hydrogen) atoms. The molecule has 2 aromatic carbocycles. The molecule has 0 bridgehead atoms. The van der Waals surface area contributed by atoms with E-state index in [0.29, 0.717) is 17.3 Å². The van der Waals surface area contributed by atoms with Crippen LogP contribution < -0.4 is 20.6 Å². The summed E-state index contributed by atoms with van der Waals surface area (Å²) in [5.41, 5.74) is 11.6. The van der Waals surface area contributed by atoms with Crippen molar-refractivity contribution in [2.45, 2.75) is 20.5 Å². The molecule has 4 rings (SSSR count). The topological polar surface area (TPSA) is 121 Å². The lowest BCUT2D eigenvalue weighted by molar-refractivity contribution is -0.119. The first kappa shape index (κ1) is 24.3. The Hall–Kier alpha value is -4.79. The van der Waals surface area contributed by atoms with Gasteiger partial charge in [0.25, 0.3) is 5.91 Å². The minimum atomic E-state index is -0.552. The summed E-state index contributed by atoms with van der Waals surface area (Å²) in [6, 6.07) is 22.0. The molecule has 0 saturated carbocycles. The van der Waals surface area contributed by atoms with E-state index < -0.39 is 11.8 Å². The summed E-state index contributed by atoms with van der Waals surface area (Å²) in [6.07, 6.45) is 1.48. The summed E-state index contributed by atoms with van der Waals surface area (Å²) in [4.78, 5) is 23.1. The molecule has 0 atom stereocenters. The van der Waals surface area contributed by atoms with Crippen molar-refractivity contribution in [2.75, 3.05) is 6.61 Å². The van der Waals surface area contributed by atoms with Crippen molar-refractivity contribution in [3.05, 3.63) is 101 Å². The highest BCUT2D eigenvalue weighted by Gasteiger charge is 2.11. The van der Waals surface area contributed by atoms with Crippen molar-refractivity contribution in [1.29, 1.82) is 0 Å². The van der Waals surface area contributed by atoms with Crippen LogP contribution in [0.4, 0.5) is 0 Å². The van der Waals surface area contributed by atoms with E-state index in [9.17, 15) is 9.59 Å². The van der Waals surface area contributed by atoms with Gasteiger partial charge in [0, 0.05) is 17.1 Å². The molecule has 0 spiro atoms. The Morgan fingerprint density at radius 2 is 1.56 bits per heavy atom. The third-order valence-electron chi connectivity index (χ3n) is 5.27. The Balaban J connectivity index is 1.26.